The lowest BCUT2D eigenvalue weighted by Gasteiger charge is -2.28. The first-order valence-electron chi connectivity index (χ1n) is 17.8. The molecule has 3 heteroatoms. The van der Waals surface area contributed by atoms with Crippen LogP contribution < -0.4 is 0 Å². The highest BCUT2D eigenvalue weighted by Gasteiger charge is 2.37. The second-order valence-corrected chi connectivity index (χ2v) is 14.5. The molecule has 0 spiro atoms. The van der Waals surface area contributed by atoms with Crippen molar-refractivity contribution in [2.75, 3.05) is 0 Å². The van der Waals surface area contributed by atoms with Gasteiger partial charge in [-0.15, -0.1) is 0 Å². The first-order valence-corrected chi connectivity index (χ1v) is 17.8. The van der Waals surface area contributed by atoms with E-state index in [1.807, 2.05) is 0 Å². The molecule has 0 aliphatic heterocycles. The molecule has 10 rings (SSSR count). The highest BCUT2D eigenvalue weighted by atomic mass is 15.1. The summed E-state index contributed by atoms with van der Waals surface area (Å²) in [5, 5.41) is 2.56. The fourth-order valence-electron chi connectivity index (χ4n) is 8.96. The molecular formula is C47H37N3. The zero-order valence-corrected chi connectivity index (χ0v) is 28.4. The van der Waals surface area contributed by atoms with Crippen LogP contribution in [-0.2, 0) is 18.3 Å². The van der Waals surface area contributed by atoms with E-state index in [-0.39, 0.29) is 5.41 Å². The van der Waals surface area contributed by atoms with Gasteiger partial charge in [-0.05, 0) is 81.8 Å². The molecule has 50 heavy (non-hydrogen) atoms. The topological polar surface area (TPSA) is 30.7 Å². The molecule has 2 aliphatic rings. The third-order valence-electron chi connectivity index (χ3n) is 11.3. The van der Waals surface area contributed by atoms with Gasteiger partial charge in [0.15, 0.2) is 5.82 Å². The monoisotopic (exact) mass is 643 g/mol. The Hall–Kier alpha value is -5.80. The lowest BCUT2D eigenvalue weighted by atomic mass is 9.77. The second-order valence-electron chi connectivity index (χ2n) is 14.5. The van der Waals surface area contributed by atoms with Crippen molar-refractivity contribution in [3.8, 4) is 39.5 Å². The van der Waals surface area contributed by atoms with Crippen LogP contribution in [-0.4, -0.2) is 14.5 Å². The van der Waals surface area contributed by atoms with E-state index in [4.69, 9.17) is 9.97 Å². The molecule has 1 atom stereocenters. The Morgan fingerprint density at radius 3 is 2.24 bits per heavy atom. The molecule has 2 heterocycles. The van der Waals surface area contributed by atoms with E-state index in [1.165, 1.54) is 66.3 Å². The van der Waals surface area contributed by atoms with Crippen LogP contribution in [0.4, 0.5) is 0 Å². The Morgan fingerprint density at radius 2 is 1.36 bits per heavy atom. The van der Waals surface area contributed by atoms with Crippen LogP contribution in [0.5, 0.6) is 0 Å². The van der Waals surface area contributed by atoms with Crippen molar-refractivity contribution in [1.29, 1.82) is 0 Å². The van der Waals surface area contributed by atoms with Crippen LogP contribution in [0.15, 0.2) is 146 Å². The Balaban J connectivity index is 1.14. The average Bonchev–Trinajstić information content (AvgIpc) is 3.63. The SMILES string of the molecule is CC1(C)c2ccccc2-c2c1ccc1c2c2ccccc2n1-c1cc(CCC2Cc3ccccc3-c3ccccc32)nc(-c2ccccc2)n1. The van der Waals surface area contributed by atoms with Gasteiger partial charge in [0.2, 0.25) is 0 Å². The molecule has 0 bridgehead atoms. The zero-order valence-electron chi connectivity index (χ0n) is 28.4. The molecule has 1 unspecified atom stereocenters. The van der Waals surface area contributed by atoms with E-state index in [0.717, 1.165) is 42.2 Å². The van der Waals surface area contributed by atoms with Crippen molar-refractivity contribution >= 4 is 21.8 Å². The molecule has 240 valence electrons. The van der Waals surface area contributed by atoms with E-state index in [0.29, 0.717) is 5.92 Å². The molecule has 6 aromatic carbocycles. The van der Waals surface area contributed by atoms with Gasteiger partial charge in [0.1, 0.15) is 5.82 Å². The van der Waals surface area contributed by atoms with Crippen LogP contribution in [0.3, 0.4) is 0 Å². The largest absolute Gasteiger partial charge is 0.294 e. The quantitative estimate of drug-likeness (QED) is 0.187. The minimum Gasteiger partial charge on any atom is -0.294 e. The Kier molecular flexibility index (Phi) is 6.48. The Morgan fingerprint density at radius 1 is 0.640 bits per heavy atom. The number of hydrogen-bond acceptors (Lipinski definition) is 2. The van der Waals surface area contributed by atoms with Crippen molar-refractivity contribution < 1.29 is 0 Å². The Labute approximate surface area is 292 Å². The third-order valence-corrected chi connectivity index (χ3v) is 11.3. The minimum absolute atomic E-state index is 0.0653. The number of para-hydroxylation sites is 1. The molecule has 0 saturated heterocycles. The summed E-state index contributed by atoms with van der Waals surface area (Å²) in [4.78, 5) is 10.6. The molecule has 0 fully saturated rings. The van der Waals surface area contributed by atoms with Crippen molar-refractivity contribution in [1.82, 2.24) is 14.5 Å². The van der Waals surface area contributed by atoms with Gasteiger partial charge in [-0.2, -0.15) is 0 Å². The third kappa shape index (κ3) is 4.36. The van der Waals surface area contributed by atoms with E-state index in [9.17, 15) is 0 Å². The first-order chi connectivity index (χ1) is 24.6. The number of rotatable bonds is 5. The maximum absolute atomic E-state index is 5.33. The average molecular weight is 644 g/mol. The second kappa shape index (κ2) is 11.1. The van der Waals surface area contributed by atoms with Gasteiger partial charge >= 0.3 is 0 Å². The maximum atomic E-state index is 5.33. The standard InChI is InChI=1S/C47H37N3/c1-47(2)39-22-12-10-20-37(39)44-40(47)26-27-42-45(44)38-21-11-13-23-41(38)50(42)43-29-33(48-46(49-43)30-14-4-3-5-15-30)25-24-32-28-31-16-6-7-17-34(31)36-19-9-8-18-35(32)36/h3-23,26-27,29,32H,24-25,28H2,1-2H3. The summed E-state index contributed by atoms with van der Waals surface area (Å²) >= 11 is 0. The Bertz CT molecular complexity index is 2610. The zero-order chi connectivity index (χ0) is 33.4. The first kappa shape index (κ1) is 29.1. The number of benzene rings is 6. The fraction of sp³-hybridized carbons (Fsp3) is 0.149. The van der Waals surface area contributed by atoms with Crippen molar-refractivity contribution in [3.05, 3.63) is 174 Å². The van der Waals surface area contributed by atoms with Gasteiger partial charge in [0.25, 0.3) is 0 Å². The predicted octanol–water partition coefficient (Wildman–Crippen LogP) is 11.5. The molecule has 0 radical (unpaired) electrons. The van der Waals surface area contributed by atoms with Crippen LogP contribution in [0, 0.1) is 0 Å². The molecule has 3 nitrogen and oxygen atoms in total. The van der Waals surface area contributed by atoms with Crippen molar-refractivity contribution in [3.63, 3.8) is 0 Å². The maximum Gasteiger partial charge on any atom is 0.161 e. The summed E-state index contributed by atoms with van der Waals surface area (Å²) < 4.78 is 2.38. The number of fused-ring (bicyclic) bond motifs is 10. The summed E-state index contributed by atoms with van der Waals surface area (Å²) in [5.41, 5.74) is 15.5. The van der Waals surface area contributed by atoms with E-state index in [2.05, 4.69) is 164 Å². The number of aromatic nitrogens is 3. The molecule has 2 aromatic heterocycles. The van der Waals surface area contributed by atoms with Crippen LogP contribution in [0.25, 0.3) is 61.3 Å². The van der Waals surface area contributed by atoms with E-state index < -0.39 is 0 Å². The minimum atomic E-state index is -0.0653. The van der Waals surface area contributed by atoms with Gasteiger partial charge in [-0.25, -0.2) is 9.97 Å². The molecule has 0 amide bonds. The highest BCUT2D eigenvalue weighted by Crippen LogP contribution is 2.53. The number of aryl methyl sites for hydroxylation is 1. The van der Waals surface area contributed by atoms with Gasteiger partial charge in [-0.1, -0.05) is 141 Å². The molecule has 0 saturated carbocycles. The summed E-state index contributed by atoms with van der Waals surface area (Å²) in [7, 11) is 0. The normalized spacial score (nSPS) is 15.4. The van der Waals surface area contributed by atoms with Crippen LogP contribution in [0.1, 0.15) is 54.1 Å². The van der Waals surface area contributed by atoms with Crippen LogP contribution in [0.2, 0.25) is 0 Å². The fourth-order valence-corrected chi connectivity index (χ4v) is 8.96. The highest BCUT2D eigenvalue weighted by molar-refractivity contribution is 6.17. The van der Waals surface area contributed by atoms with Crippen LogP contribution >= 0.6 is 0 Å². The molecule has 2 aliphatic carbocycles. The van der Waals surface area contributed by atoms with Gasteiger partial charge in [0.05, 0.1) is 11.0 Å². The lowest BCUT2D eigenvalue weighted by Crippen LogP contribution is -2.14. The van der Waals surface area contributed by atoms with Gasteiger partial charge in [0, 0.05) is 33.5 Å². The van der Waals surface area contributed by atoms with E-state index >= 15 is 0 Å². The summed E-state index contributed by atoms with van der Waals surface area (Å²) in [6.45, 7) is 4.71. The number of hydrogen-bond donors (Lipinski definition) is 0. The lowest BCUT2D eigenvalue weighted by molar-refractivity contribution is 0.610. The van der Waals surface area contributed by atoms with Crippen molar-refractivity contribution in [2.24, 2.45) is 0 Å². The summed E-state index contributed by atoms with van der Waals surface area (Å²) in [6, 6.07) is 53.0. The smallest absolute Gasteiger partial charge is 0.161 e. The van der Waals surface area contributed by atoms with Gasteiger partial charge < -0.3 is 0 Å². The van der Waals surface area contributed by atoms with E-state index in [1.54, 1.807) is 0 Å². The molecule has 8 aromatic rings. The van der Waals surface area contributed by atoms with Gasteiger partial charge in [-0.3, -0.25) is 4.57 Å². The molecular weight excluding hydrogens is 607 g/mol. The summed E-state index contributed by atoms with van der Waals surface area (Å²) in [6.07, 6.45) is 2.93. The van der Waals surface area contributed by atoms with Crippen molar-refractivity contribution in [2.45, 2.75) is 44.4 Å². The summed E-state index contributed by atoms with van der Waals surface area (Å²) in [5.74, 6) is 2.12. The number of nitrogens with zero attached hydrogens (tertiary/aromatic N) is 3. The predicted molar refractivity (Wildman–Crippen MR) is 206 cm³/mol. The molecule has 0 N–H and O–H groups in total.